The van der Waals surface area contributed by atoms with E-state index in [-0.39, 0.29) is 5.82 Å². The van der Waals surface area contributed by atoms with Gasteiger partial charge in [-0.15, -0.1) is 0 Å². The Bertz CT molecular complexity index is 407. The van der Waals surface area contributed by atoms with Crippen molar-refractivity contribution in [1.29, 1.82) is 0 Å². The van der Waals surface area contributed by atoms with Crippen LogP contribution in [-0.4, -0.2) is 25.8 Å². The van der Waals surface area contributed by atoms with Crippen molar-refractivity contribution < 1.29 is 9.13 Å². The van der Waals surface area contributed by atoms with Gasteiger partial charge >= 0.3 is 0 Å². The number of hydrogen-bond donors (Lipinski definition) is 1. The number of rotatable bonds is 5. The van der Waals surface area contributed by atoms with Crippen LogP contribution in [0.4, 0.5) is 4.39 Å². The second-order valence-corrected chi connectivity index (χ2v) is 5.92. The molecule has 0 spiro atoms. The molecular weight excluding hydrogens is 309 g/mol. The van der Waals surface area contributed by atoms with Crippen molar-refractivity contribution in [2.45, 2.75) is 32.2 Å². The van der Waals surface area contributed by atoms with Gasteiger partial charge in [-0.1, -0.05) is 13.0 Å². The highest BCUT2D eigenvalue weighted by Crippen LogP contribution is 2.23. The summed E-state index contributed by atoms with van der Waals surface area (Å²) in [5.41, 5.74) is 1.17. The first kappa shape index (κ1) is 14.9. The van der Waals surface area contributed by atoms with E-state index in [1.165, 1.54) is 11.6 Å². The predicted octanol–water partition coefficient (Wildman–Crippen LogP) is 3.54. The highest BCUT2D eigenvalue weighted by Gasteiger charge is 2.23. The van der Waals surface area contributed by atoms with E-state index in [0.29, 0.717) is 16.4 Å². The average molecular weight is 330 g/mol. The summed E-state index contributed by atoms with van der Waals surface area (Å²) >= 11 is 3.26. The third-order valence-electron chi connectivity index (χ3n) is 3.74. The van der Waals surface area contributed by atoms with Crippen molar-refractivity contribution in [2.75, 3.05) is 19.8 Å². The lowest BCUT2D eigenvalue weighted by Crippen LogP contribution is -2.40. The number of hydrogen-bond acceptors (Lipinski definition) is 2. The summed E-state index contributed by atoms with van der Waals surface area (Å²) in [6.07, 6.45) is 3.16. The van der Waals surface area contributed by atoms with Gasteiger partial charge in [0.1, 0.15) is 5.82 Å². The van der Waals surface area contributed by atoms with Gasteiger partial charge in [0, 0.05) is 19.3 Å². The summed E-state index contributed by atoms with van der Waals surface area (Å²) in [6, 6.07) is 5.75. The van der Waals surface area contributed by atoms with E-state index in [0.717, 1.165) is 39.0 Å². The van der Waals surface area contributed by atoms with Crippen LogP contribution in [0.1, 0.15) is 25.3 Å². The van der Waals surface area contributed by atoms with Gasteiger partial charge in [0.15, 0.2) is 0 Å². The lowest BCUT2D eigenvalue weighted by Gasteiger charge is -2.31. The fourth-order valence-electron chi connectivity index (χ4n) is 2.71. The third kappa shape index (κ3) is 4.26. The van der Waals surface area contributed by atoms with Gasteiger partial charge in [-0.25, -0.2) is 4.39 Å². The van der Waals surface area contributed by atoms with Crippen LogP contribution in [0.2, 0.25) is 0 Å². The lowest BCUT2D eigenvalue weighted by atomic mass is 9.87. The SMILES string of the molecule is CCNC(Cc1ccc(F)c(Br)c1)C1CCOCC1. The Kier molecular flexibility index (Phi) is 5.79. The summed E-state index contributed by atoms with van der Waals surface area (Å²) in [6.45, 7) is 4.82. The van der Waals surface area contributed by atoms with E-state index in [1.807, 2.05) is 12.1 Å². The topological polar surface area (TPSA) is 21.3 Å². The molecule has 4 heteroatoms. The second-order valence-electron chi connectivity index (χ2n) is 5.07. The number of benzene rings is 1. The molecule has 1 heterocycles. The number of ether oxygens (including phenoxy) is 1. The van der Waals surface area contributed by atoms with Crippen molar-refractivity contribution in [1.82, 2.24) is 5.32 Å². The molecule has 0 aromatic heterocycles. The highest BCUT2D eigenvalue weighted by atomic mass is 79.9. The monoisotopic (exact) mass is 329 g/mol. The standard InChI is InChI=1S/C15H21BrFNO/c1-2-18-15(12-5-7-19-8-6-12)10-11-3-4-14(17)13(16)9-11/h3-4,9,12,15,18H,2,5-8,10H2,1H3. The Morgan fingerprint density at radius 3 is 2.79 bits per heavy atom. The van der Waals surface area contributed by atoms with Crippen LogP contribution in [0, 0.1) is 11.7 Å². The van der Waals surface area contributed by atoms with E-state index < -0.39 is 0 Å². The van der Waals surface area contributed by atoms with Gasteiger partial charge in [0.2, 0.25) is 0 Å². The normalized spacial score (nSPS) is 18.5. The first-order chi connectivity index (χ1) is 9.20. The van der Waals surface area contributed by atoms with Crippen molar-refractivity contribution >= 4 is 15.9 Å². The molecule has 1 unspecified atom stereocenters. The molecule has 0 aliphatic carbocycles. The van der Waals surface area contributed by atoms with E-state index in [2.05, 4.69) is 28.2 Å². The molecule has 1 N–H and O–H groups in total. The maximum Gasteiger partial charge on any atom is 0.137 e. The Labute approximate surface area is 122 Å². The van der Waals surface area contributed by atoms with E-state index in [9.17, 15) is 4.39 Å². The maximum atomic E-state index is 13.3. The lowest BCUT2D eigenvalue weighted by molar-refractivity contribution is 0.0540. The van der Waals surface area contributed by atoms with Crippen LogP contribution in [-0.2, 0) is 11.2 Å². The molecule has 1 atom stereocenters. The molecule has 0 radical (unpaired) electrons. The molecule has 1 aliphatic heterocycles. The smallest absolute Gasteiger partial charge is 0.137 e. The molecule has 0 bridgehead atoms. The van der Waals surface area contributed by atoms with Gasteiger partial charge in [-0.3, -0.25) is 0 Å². The maximum absolute atomic E-state index is 13.3. The van der Waals surface area contributed by atoms with Crippen molar-refractivity contribution in [2.24, 2.45) is 5.92 Å². The Morgan fingerprint density at radius 2 is 2.16 bits per heavy atom. The van der Waals surface area contributed by atoms with E-state index >= 15 is 0 Å². The molecule has 1 aromatic rings. The predicted molar refractivity (Wildman–Crippen MR) is 78.8 cm³/mol. The summed E-state index contributed by atoms with van der Waals surface area (Å²) in [5.74, 6) is 0.451. The Balaban J connectivity index is 2.04. The van der Waals surface area contributed by atoms with Crippen LogP contribution in [0.5, 0.6) is 0 Å². The molecule has 1 fully saturated rings. The third-order valence-corrected chi connectivity index (χ3v) is 4.35. The zero-order valence-corrected chi connectivity index (χ0v) is 12.9. The zero-order valence-electron chi connectivity index (χ0n) is 11.3. The van der Waals surface area contributed by atoms with Crippen LogP contribution in [0.15, 0.2) is 22.7 Å². The first-order valence-electron chi connectivity index (χ1n) is 6.95. The molecule has 2 nitrogen and oxygen atoms in total. The van der Waals surface area contributed by atoms with Gasteiger partial charge in [-0.05, 0) is 65.4 Å². The van der Waals surface area contributed by atoms with Crippen molar-refractivity contribution in [3.63, 3.8) is 0 Å². The van der Waals surface area contributed by atoms with Gasteiger partial charge in [-0.2, -0.15) is 0 Å². The van der Waals surface area contributed by atoms with E-state index in [1.54, 1.807) is 0 Å². The summed E-state index contributed by atoms with van der Waals surface area (Å²) < 4.78 is 19.2. The molecule has 1 aliphatic rings. The summed E-state index contributed by atoms with van der Waals surface area (Å²) in [4.78, 5) is 0. The molecule has 1 aromatic carbocycles. The fraction of sp³-hybridized carbons (Fsp3) is 0.600. The van der Waals surface area contributed by atoms with Crippen LogP contribution >= 0.6 is 15.9 Å². The summed E-state index contributed by atoms with van der Waals surface area (Å²) in [7, 11) is 0. The second kappa shape index (κ2) is 7.36. The minimum atomic E-state index is -0.199. The zero-order chi connectivity index (χ0) is 13.7. The molecule has 106 valence electrons. The van der Waals surface area contributed by atoms with Crippen molar-refractivity contribution in [3.8, 4) is 0 Å². The fourth-order valence-corrected chi connectivity index (χ4v) is 3.13. The van der Waals surface area contributed by atoms with Crippen molar-refractivity contribution in [3.05, 3.63) is 34.1 Å². The molecule has 0 saturated carbocycles. The number of halogens is 2. The minimum Gasteiger partial charge on any atom is -0.381 e. The quantitative estimate of drug-likeness (QED) is 0.892. The van der Waals surface area contributed by atoms with E-state index in [4.69, 9.17) is 4.74 Å². The molecular formula is C15H21BrFNO. The molecule has 1 saturated heterocycles. The summed E-state index contributed by atoms with van der Waals surface area (Å²) in [5, 5.41) is 3.57. The minimum absolute atomic E-state index is 0.199. The highest BCUT2D eigenvalue weighted by molar-refractivity contribution is 9.10. The Hall–Kier alpha value is -0.450. The number of likely N-dealkylation sites (N-methyl/N-ethyl adjacent to an activating group) is 1. The van der Waals surface area contributed by atoms with Gasteiger partial charge in [0.25, 0.3) is 0 Å². The largest absolute Gasteiger partial charge is 0.381 e. The van der Waals surface area contributed by atoms with Crippen LogP contribution in [0.3, 0.4) is 0 Å². The molecule has 0 amide bonds. The Morgan fingerprint density at radius 1 is 1.42 bits per heavy atom. The number of nitrogens with one attached hydrogen (secondary N) is 1. The van der Waals surface area contributed by atoms with Gasteiger partial charge in [0.05, 0.1) is 4.47 Å². The first-order valence-corrected chi connectivity index (χ1v) is 7.75. The molecule has 2 rings (SSSR count). The average Bonchev–Trinajstić information content (AvgIpc) is 2.43. The van der Waals surface area contributed by atoms with Crippen LogP contribution in [0.25, 0.3) is 0 Å². The molecule has 19 heavy (non-hydrogen) atoms. The van der Waals surface area contributed by atoms with Crippen LogP contribution < -0.4 is 5.32 Å². The van der Waals surface area contributed by atoms with Gasteiger partial charge < -0.3 is 10.1 Å².